The van der Waals surface area contributed by atoms with Gasteiger partial charge in [-0.05, 0) is 6.42 Å². The van der Waals surface area contributed by atoms with Gasteiger partial charge in [0, 0.05) is 6.42 Å². The van der Waals surface area contributed by atoms with Gasteiger partial charge in [-0.1, -0.05) is 18.5 Å². The first-order valence-corrected chi connectivity index (χ1v) is 4.28. The molecule has 0 spiro atoms. The Labute approximate surface area is 80.9 Å². The van der Waals surface area contributed by atoms with Gasteiger partial charge in [-0.15, -0.1) is 0 Å². The lowest BCUT2D eigenvalue weighted by atomic mass is 10.3. The van der Waals surface area contributed by atoms with Crippen LogP contribution in [0.15, 0.2) is 12.5 Å². The monoisotopic (exact) mass is 200 g/mol. The molecular formula is C8H9ClN2O2. The van der Waals surface area contributed by atoms with Crippen LogP contribution in [0.2, 0.25) is 5.15 Å². The van der Waals surface area contributed by atoms with Crippen molar-refractivity contribution in [2.75, 3.05) is 0 Å². The molecule has 0 saturated carbocycles. The number of carbonyl (C=O) groups is 1. The molecule has 0 aliphatic rings. The molecule has 0 aliphatic carbocycles. The predicted octanol–water partition coefficient (Wildman–Crippen LogP) is 1.84. The first kappa shape index (κ1) is 9.92. The summed E-state index contributed by atoms with van der Waals surface area (Å²) in [5.41, 5.74) is 0. The van der Waals surface area contributed by atoms with Gasteiger partial charge in [-0.2, -0.15) is 0 Å². The number of esters is 1. The van der Waals surface area contributed by atoms with E-state index in [1.807, 2.05) is 6.92 Å². The first-order chi connectivity index (χ1) is 6.24. The molecule has 4 nitrogen and oxygen atoms in total. The number of ether oxygens (including phenoxy) is 1. The van der Waals surface area contributed by atoms with Crippen LogP contribution in [0.1, 0.15) is 19.8 Å². The average molecular weight is 201 g/mol. The summed E-state index contributed by atoms with van der Waals surface area (Å²) in [6.07, 6.45) is 3.76. The third-order valence-corrected chi connectivity index (χ3v) is 1.59. The molecule has 0 aliphatic heterocycles. The van der Waals surface area contributed by atoms with E-state index in [-0.39, 0.29) is 16.9 Å². The smallest absolute Gasteiger partial charge is 0.311 e. The van der Waals surface area contributed by atoms with E-state index in [4.69, 9.17) is 16.3 Å². The minimum atomic E-state index is -0.320. The Morgan fingerprint density at radius 1 is 1.69 bits per heavy atom. The number of hydrogen-bond acceptors (Lipinski definition) is 4. The van der Waals surface area contributed by atoms with Crippen molar-refractivity contribution in [3.63, 3.8) is 0 Å². The SMILES string of the molecule is CCCC(=O)Oc1cncnc1Cl. The van der Waals surface area contributed by atoms with Crippen molar-refractivity contribution in [1.29, 1.82) is 0 Å². The highest BCUT2D eigenvalue weighted by Gasteiger charge is 2.07. The predicted molar refractivity (Wildman–Crippen MR) is 47.6 cm³/mol. The van der Waals surface area contributed by atoms with Crippen LogP contribution in [0.3, 0.4) is 0 Å². The zero-order valence-corrected chi connectivity index (χ0v) is 7.91. The minimum absolute atomic E-state index is 0.152. The third-order valence-electron chi connectivity index (χ3n) is 1.31. The second-order valence-corrected chi connectivity index (χ2v) is 2.76. The molecule has 0 atom stereocenters. The van der Waals surface area contributed by atoms with Crippen molar-refractivity contribution >= 4 is 17.6 Å². The molecule has 0 bridgehead atoms. The van der Waals surface area contributed by atoms with E-state index < -0.39 is 0 Å². The van der Waals surface area contributed by atoms with Crippen LogP contribution in [0, 0.1) is 0 Å². The number of aromatic nitrogens is 2. The minimum Gasteiger partial charge on any atom is -0.422 e. The number of rotatable bonds is 3. The van der Waals surface area contributed by atoms with E-state index in [0.717, 1.165) is 6.42 Å². The molecule has 1 rings (SSSR count). The number of nitrogens with zero attached hydrogens (tertiary/aromatic N) is 2. The Morgan fingerprint density at radius 2 is 2.46 bits per heavy atom. The Hall–Kier alpha value is -1.16. The van der Waals surface area contributed by atoms with Crippen molar-refractivity contribution in [1.82, 2.24) is 9.97 Å². The molecule has 0 radical (unpaired) electrons. The fourth-order valence-corrected chi connectivity index (χ4v) is 0.879. The topological polar surface area (TPSA) is 52.1 Å². The number of hydrogen-bond donors (Lipinski definition) is 0. The molecule has 0 N–H and O–H groups in total. The second-order valence-electron chi connectivity index (χ2n) is 2.40. The zero-order valence-electron chi connectivity index (χ0n) is 7.16. The fourth-order valence-electron chi connectivity index (χ4n) is 0.748. The highest BCUT2D eigenvalue weighted by atomic mass is 35.5. The Bertz CT molecular complexity index is 304. The highest BCUT2D eigenvalue weighted by Crippen LogP contribution is 2.19. The maximum absolute atomic E-state index is 11.0. The third kappa shape index (κ3) is 2.99. The summed E-state index contributed by atoms with van der Waals surface area (Å²) in [6.45, 7) is 1.89. The normalized spacial score (nSPS) is 9.69. The summed E-state index contributed by atoms with van der Waals surface area (Å²) in [4.78, 5) is 18.4. The van der Waals surface area contributed by atoms with E-state index in [1.54, 1.807) is 0 Å². The zero-order chi connectivity index (χ0) is 9.68. The van der Waals surface area contributed by atoms with Gasteiger partial charge < -0.3 is 4.74 Å². The maximum atomic E-state index is 11.0. The molecule has 13 heavy (non-hydrogen) atoms. The van der Waals surface area contributed by atoms with Crippen molar-refractivity contribution in [2.45, 2.75) is 19.8 Å². The summed E-state index contributed by atoms with van der Waals surface area (Å²) in [6, 6.07) is 0. The second kappa shape index (κ2) is 4.77. The van der Waals surface area contributed by atoms with Crippen molar-refractivity contribution in [2.24, 2.45) is 0 Å². The van der Waals surface area contributed by atoms with E-state index in [0.29, 0.717) is 6.42 Å². The molecule has 1 aromatic rings. The van der Waals surface area contributed by atoms with Crippen molar-refractivity contribution in [3.8, 4) is 5.75 Å². The van der Waals surface area contributed by atoms with E-state index in [9.17, 15) is 4.79 Å². The van der Waals surface area contributed by atoms with Gasteiger partial charge in [-0.25, -0.2) is 9.97 Å². The van der Waals surface area contributed by atoms with E-state index in [1.165, 1.54) is 12.5 Å². The summed E-state index contributed by atoms with van der Waals surface area (Å²) in [7, 11) is 0. The molecule has 0 unspecified atom stereocenters. The molecule has 70 valence electrons. The molecular weight excluding hydrogens is 192 g/mol. The van der Waals surface area contributed by atoms with Crippen LogP contribution in [-0.4, -0.2) is 15.9 Å². The Balaban J connectivity index is 2.63. The molecule has 1 aromatic heterocycles. The van der Waals surface area contributed by atoms with Gasteiger partial charge in [0.25, 0.3) is 0 Å². The van der Waals surface area contributed by atoms with Gasteiger partial charge in [0.15, 0.2) is 10.9 Å². The molecule has 0 aromatic carbocycles. The Kier molecular flexibility index (Phi) is 3.64. The van der Waals surface area contributed by atoms with Crippen molar-refractivity contribution in [3.05, 3.63) is 17.7 Å². The molecule has 0 fully saturated rings. The van der Waals surface area contributed by atoms with Gasteiger partial charge in [-0.3, -0.25) is 4.79 Å². The van der Waals surface area contributed by atoms with Gasteiger partial charge in [0.05, 0.1) is 6.20 Å². The molecule has 1 heterocycles. The molecule has 5 heteroatoms. The lowest BCUT2D eigenvalue weighted by molar-refractivity contribution is -0.134. The summed E-state index contributed by atoms with van der Waals surface area (Å²) < 4.78 is 4.89. The number of carbonyl (C=O) groups excluding carboxylic acids is 1. The lowest BCUT2D eigenvalue weighted by Gasteiger charge is -2.02. The van der Waals surface area contributed by atoms with Crippen LogP contribution >= 0.6 is 11.6 Å². The highest BCUT2D eigenvalue weighted by molar-refractivity contribution is 6.30. The summed E-state index contributed by atoms with van der Waals surface area (Å²) in [5.74, 6) is -0.109. The van der Waals surface area contributed by atoms with Crippen LogP contribution in [-0.2, 0) is 4.79 Å². The van der Waals surface area contributed by atoms with Crippen LogP contribution in [0.4, 0.5) is 0 Å². The average Bonchev–Trinajstić information content (AvgIpc) is 2.09. The summed E-state index contributed by atoms with van der Waals surface area (Å²) in [5, 5.41) is 0.152. The van der Waals surface area contributed by atoms with E-state index >= 15 is 0 Å². The van der Waals surface area contributed by atoms with Gasteiger partial charge in [0.2, 0.25) is 0 Å². The Morgan fingerprint density at radius 3 is 3.08 bits per heavy atom. The van der Waals surface area contributed by atoms with Crippen LogP contribution in [0.5, 0.6) is 5.75 Å². The van der Waals surface area contributed by atoms with Crippen LogP contribution in [0.25, 0.3) is 0 Å². The van der Waals surface area contributed by atoms with E-state index in [2.05, 4.69) is 9.97 Å². The van der Waals surface area contributed by atoms with Crippen LogP contribution < -0.4 is 4.74 Å². The molecule has 0 saturated heterocycles. The number of halogens is 1. The lowest BCUT2D eigenvalue weighted by Crippen LogP contribution is -2.07. The summed E-state index contributed by atoms with van der Waals surface area (Å²) >= 11 is 5.64. The first-order valence-electron chi connectivity index (χ1n) is 3.90. The largest absolute Gasteiger partial charge is 0.422 e. The van der Waals surface area contributed by atoms with Gasteiger partial charge >= 0.3 is 5.97 Å². The maximum Gasteiger partial charge on any atom is 0.311 e. The fraction of sp³-hybridized carbons (Fsp3) is 0.375. The van der Waals surface area contributed by atoms with Gasteiger partial charge in [0.1, 0.15) is 6.33 Å². The quantitative estimate of drug-likeness (QED) is 0.552. The van der Waals surface area contributed by atoms with Crippen molar-refractivity contribution < 1.29 is 9.53 Å². The molecule has 0 amide bonds. The standard InChI is InChI=1S/C8H9ClN2O2/c1-2-3-7(12)13-6-4-10-5-11-8(6)9/h4-5H,2-3H2,1H3.